The molecule has 2 aromatic rings. The molecule has 0 bridgehead atoms. The third kappa shape index (κ3) is 4.03. The second-order valence-electron chi connectivity index (χ2n) is 6.29. The zero-order valence-corrected chi connectivity index (χ0v) is 13.6. The number of hydrogen-bond acceptors (Lipinski definition) is 3. The quantitative estimate of drug-likeness (QED) is 0.744. The summed E-state index contributed by atoms with van der Waals surface area (Å²) in [4.78, 5) is 23.8. The van der Waals surface area contributed by atoms with Gasteiger partial charge in [0, 0.05) is 13.0 Å². The molecule has 3 N–H and O–H groups in total. The fraction of sp³-hybridized carbons (Fsp3) is 0.263. The highest BCUT2D eigenvalue weighted by Crippen LogP contribution is 2.28. The van der Waals surface area contributed by atoms with Crippen LogP contribution >= 0.6 is 0 Å². The van der Waals surface area contributed by atoms with Crippen LogP contribution in [0.1, 0.15) is 17.5 Å². The minimum Gasteiger partial charge on any atom is -0.388 e. The van der Waals surface area contributed by atoms with Gasteiger partial charge in [0.05, 0.1) is 11.3 Å². The lowest BCUT2D eigenvalue weighted by molar-refractivity contribution is -0.136. The van der Waals surface area contributed by atoms with Gasteiger partial charge in [-0.15, -0.1) is 0 Å². The van der Waals surface area contributed by atoms with Crippen molar-refractivity contribution in [2.24, 2.45) is 0 Å². The van der Waals surface area contributed by atoms with E-state index in [2.05, 4.69) is 10.6 Å². The maximum Gasteiger partial charge on any atom is 0.313 e. The Morgan fingerprint density at radius 1 is 1.04 bits per heavy atom. The van der Waals surface area contributed by atoms with Crippen molar-refractivity contribution in [3.63, 3.8) is 0 Å². The zero-order chi connectivity index (χ0) is 17.9. The van der Waals surface area contributed by atoms with Crippen molar-refractivity contribution >= 4 is 17.5 Å². The van der Waals surface area contributed by atoms with Crippen molar-refractivity contribution in [3.05, 3.63) is 65.5 Å². The Bertz CT molecular complexity index is 809. The molecule has 2 aromatic carbocycles. The third-order valence-electron chi connectivity index (χ3n) is 4.40. The van der Waals surface area contributed by atoms with Gasteiger partial charge in [-0.05, 0) is 36.1 Å². The highest BCUT2D eigenvalue weighted by atomic mass is 19.1. The molecule has 5 nitrogen and oxygen atoms in total. The Morgan fingerprint density at radius 2 is 1.72 bits per heavy atom. The van der Waals surface area contributed by atoms with Gasteiger partial charge < -0.3 is 15.7 Å². The van der Waals surface area contributed by atoms with Gasteiger partial charge in [-0.25, -0.2) is 4.39 Å². The van der Waals surface area contributed by atoms with E-state index in [-0.39, 0.29) is 12.2 Å². The van der Waals surface area contributed by atoms with Crippen molar-refractivity contribution in [3.8, 4) is 0 Å². The first-order valence-corrected chi connectivity index (χ1v) is 8.10. The van der Waals surface area contributed by atoms with Crippen LogP contribution in [0.15, 0.2) is 48.5 Å². The van der Waals surface area contributed by atoms with E-state index in [4.69, 9.17) is 0 Å². The summed E-state index contributed by atoms with van der Waals surface area (Å²) in [5.74, 6) is -2.49. The average molecular weight is 342 g/mol. The van der Waals surface area contributed by atoms with Gasteiger partial charge in [-0.3, -0.25) is 9.59 Å². The van der Waals surface area contributed by atoms with E-state index in [1.807, 2.05) is 24.3 Å². The number of rotatable bonds is 3. The second-order valence-corrected chi connectivity index (χ2v) is 6.29. The molecule has 0 saturated carbocycles. The number of amides is 2. The van der Waals surface area contributed by atoms with Crippen LogP contribution in [0.5, 0.6) is 0 Å². The Hall–Kier alpha value is -2.73. The van der Waals surface area contributed by atoms with E-state index in [0.717, 1.165) is 5.56 Å². The lowest BCUT2D eigenvalue weighted by Crippen LogP contribution is -2.49. The number of aliphatic hydroxyl groups is 1. The normalized spacial score (nSPS) is 19.0. The first-order valence-electron chi connectivity index (χ1n) is 8.10. The summed E-state index contributed by atoms with van der Waals surface area (Å²) < 4.78 is 13.5. The predicted molar refractivity (Wildman–Crippen MR) is 91.5 cm³/mol. The molecule has 0 fully saturated rings. The lowest BCUT2D eigenvalue weighted by atomic mass is 9.80. The molecule has 0 saturated heterocycles. The summed E-state index contributed by atoms with van der Waals surface area (Å²) in [6.07, 6.45) is 1.63. The van der Waals surface area contributed by atoms with Crippen molar-refractivity contribution < 1.29 is 19.1 Å². The molecule has 3 rings (SSSR count). The van der Waals surface area contributed by atoms with Crippen molar-refractivity contribution in [1.82, 2.24) is 5.32 Å². The van der Waals surface area contributed by atoms with Crippen LogP contribution < -0.4 is 10.6 Å². The summed E-state index contributed by atoms with van der Waals surface area (Å²) >= 11 is 0. The smallest absolute Gasteiger partial charge is 0.313 e. The van der Waals surface area contributed by atoms with Crippen LogP contribution in [0.2, 0.25) is 0 Å². The van der Waals surface area contributed by atoms with Gasteiger partial charge in [0.25, 0.3) is 0 Å². The summed E-state index contributed by atoms with van der Waals surface area (Å²) in [6, 6.07) is 13.4. The summed E-state index contributed by atoms with van der Waals surface area (Å²) in [6.45, 7) is -0.0368. The number of halogens is 1. The number of aryl methyl sites for hydroxylation is 1. The van der Waals surface area contributed by atoms with Crippen molar-refractivity contribution in [2.75, 3.05) is 11.9 Å². The number of benzene rings is 2. The number of anilines is 1. The predicted octanol–water partition coefficient (Wildman–Crippen LogP) is 1.80. The standard InChI is InChI=1S/C19H19FN2O3/c20-15-7-3-4-8-16(15)22-18(24)17(23)21-12-19(25)10-9-13-5-1-2-6-14(13)11-19/h1-8,25H,9-12H2,(H,21,23)(H,22,24). The Balaban J connectivity index is 1.57. The van der Waals surface area contributed by atoms with E-state index in [0.29, 0.717) is 19.3 Å². The Kier molecular flexibility index (Phi) is 4.81. The maximum absolute atomic E-state index is 13.5. The van der Waals surface area contributed by atoms with Crippen LogP contribution in [0, 0.1) is 5.82 Å². The summed E-state index contributed by atoms with van der Waals surface area (Å²) in [7, 11) is 0. The van der Waals surface area contributed by atoms with Crippen molar-refractivity contribution in [1.29, 1.82) is 0 Å². The van der Waals surface area contributed by atoms with Gasteiger partial charge in [0.1, 0.15) is 5.82 Å². The molecular weight excluding hydrogens is 323 g/mol. The van der Waals surface area contributed by atoms with Gasteiger partial charge >= 0.3 is 11.8 Å². The molecule has 0 aromatic heterocycles. The topological polar surface area (TPSA) is 78.4 Å². The van der Waals surface area contributed by atoms with Crippen LogP contribution in [0.4, 0.5) is 10.1 Å². The molecule has 0 radical (unpaired) electrons. The summed E-state index contributed by atoms with van der Waals surface area (Å²) in [5, 5.41) is 15.3. The number of para-hydroxylation sites is 1. The molecule has 0 aliphatic heterocycles. The number of nitrogens with one attached hydrogen (secondary N) is 2. The van der Waals surface area contributed by atoms with Crippen LogP contribution in [0.3, 0.4) is 0 Å². The maximum atomic E-state index is 13.5. The van der Waals surface area contributed by atoms with Gasteiger partial charge in [0.15, 0.2) is 0 Å². The molecule has 0 spiro atoms. The molecule has 1 atom stereocenters. The molecule has 25 heavy (non-hydrogen) atoms. The highest BCUT2D eigenvalue weighted by Gasteiger charge is 2.33. The molecule has 6 heteroatoms. The number of hydrogen-bond donors (Lipinski definition) is 3. The molecule has 130 valence electrons. The van der Waals surface area contributed by atoms with Gasteiger partial charge in [-0.1, -0.05) is 36.4 Å². The minimum atomic E-state index is -1.09. The molecular formula is C19H19FN2O3. The molecule has 1 aliphatic carbocycles. The fourth-order valence-electron chi connectivity index (χ4n) is 3.00. The largest absolute Gasteiger partial charge is 0.388 e. The average Bonchev–Trinajstić information content (AvgIpc) is 2.61. The van der Waals surface area contributed by atoms with Gasteiger partial charge in [-0.2, -0.15) is 0 Å². The van der Waals surface area contributed by atoms with E-state index in [1.54, 1.807) is 6.07 Å². The van der Waals surface area contributed by atoms with E-state index in [1.165, 1.54) is 23.8 Å². The summed E-state index contributed by atoms with van der Waals surface area (Å²) in [5.41, 5.74) is 1.08. The molecule has 0 heterocycles. The molecule has 2 amide bonds. The first-order chi connectivity index (χ1) is 12.0. The van der Waals surface area contributed by atoms with E-state index < -0.39 is 23.2 Å². The lowest BCUT2D eigenvalue weighted by Gasteiger charge is -2.33. The molecule has 1 aliphatic rings. The molecule has 1 unspecified atom stereocenters. The Morgan fingerprint density at radius 3 is 2.48 bits per heavy atom. The van der Waals surface area contributed by atoms with Crippen LogP contribution in [-0.2, 0) is 22.4 Å². The SMILES string of the molecule is O=C(NCC1(O)CCc2ccccc2C1)C(=O)Nc1ccccc1F. The first kappa shape index (κ1) is 17.1. The monoisotopic (exact) mass is 342 g/mol. The van der Waals surface area contributed by atoms with E-state index in [9.17, 15) is 19.1 Å². The Labute approximate surface area is 144 Å². The fourth-order valence-corrected chi connectivity index (χ4v) is 3.00. The second kappa shape index (κ2) is 7.03. The minimum absolute atomic E-state index is 0.0368. The zero-order valence-electron chi connectivity index (χ0n) is 13.6. The third-order valence-corrected chi connectivity index (χ3v) is 4.40. The number of carbonyl (C=O) groups is 2. The number of fused-ring (bicyclic) bond motifs is 1. The van der Waals surface area contributed by atoms with Gasteiger partial charge in [0.2, 0.25) is 0 Å². The number of carbonyl (C=O) groups excluding carboxylic acids is 2. The van der Waals surface area contributed by atoms with Crippen LogP contribution in [0.25, 0.3) is 0 Å². The van der Waals surface area contributed by atoms with E-state index >= 15 is 0 Å². The van der Waals surface area contributed by atoms with Crippen molar-refractivity contribution in [2.45, 2.75) is 24.9 Å². The highest BCUT2D eigenvalue weighted by molar-refractivity contribution is 6.39. The van der Waals surface area contributed by atoms with Crippen LogP contribution in [-0.4, -0.2) is 29.1 Å².